The van der Waals surface area contributed by atoms with E-state index in [0.717, 1.165) is 25.9 Å². The molecule has 0 aromatic heterocycles. The van der Waals surface area contributed by atoms with Crippen LogP contribution in [0.5, 0.6) is 0 Å². The SMILES string of the molecule is CCCCCON=C1CCCCC1. The molecule has 0 aromatic rings. The summed E-state index contributed by atoms with van der Waals surface area (Å²) >= 11 is 0. The standard InChI is InChI=1S/C11H21NO/c1-2-3-7-10-13-12-11-8-5-4-6-9-11/h2-10H2,1H3. The molecule has 1 saturated carbocycles. The first-order valence-electron chi connectivity index (χ1n) is 5.61. The van der Waals surface area contributed by atoms with Gasteiger partial charge < -0.3 is 4.84 Å². The van der Waals surface area contributed by atoms with E-state index in [4.69, 9.17) is 4.84 Å². The molecule has 0 aliphatic heterocycles. The highest BCUT2D eigenvalue weighted by Gasteiger charge is 2.06. The molecule has 2 heteroatoms. The van der Waals surface area contributed by atoms with E-state index in [1.54, 1.807) is 0 Å². The summed E-state index contributed by atoms with van der Waals surface area (Å²) in [5, 5.41) is 4.17. The van der Waals surface area contributed by atoms with Crippen molar-refractivity contribution >= 4 is 5.71 Å². The van der Waals surface area contributed by atoms with Crippen LogP contribution in [-0.4, -0.2) is 12.3 Å². The van der Waals surface area contributed by atoms with Crippen LogP contribution >= 0.6 is 0 Å². The third-order valence-electron chi connectivity index (χ3n) is 2.46. The number of hydrogen-bond donors (Lipinski definition) is 0. The molecule has 0 atom stereocenters. The second-order valence-electron chi connectivity index (χ2n) is 3.76. The minimum absolute atomic E-state index is 0.803. The highest BCUT2D eigenvalue weighted by atomic mass is 16.6. The van der Waals surface area contributed by atoms with E-state index in [1.165, 1.54) is 37.8 Å². The first-order valence-corrected chi connectivity index (χ1v) is 5.61. The number of nitrogens with zero attached hydrogens (tertiary/aromatic N) is 1. The van der Waals surface area contributed by atoms with Crippen LogP contribution in [0.4, 0.5) is 0 Å². The van der Waals surface area contributed by atoms with Gasteiger partial charge in [0.05, 0.1) is 5.71 Å². The van der Waals surface area contributed by atoms with E-state index in [9.17, 15) is 0 Å². The van der Waals surface area contributed by atoms with Crippen molar-refractivity contribution < 1.29 is 4.84 Å². The fourth-order valence-electron chi connectivity index (χ4n) is 1.60. The van der Waals surface area contributed by atoms with Crippen molar-refractivity contribution in [1.29, 1.82) is 0 Å². The van der Waals surface area contributed by atoms with E-state index in [0.29, 0.717) is 0 Å². The molecule has 76 valence electrons. The Morgan fingerprint density at radius 2 is 1.92 bits per heavy atom. The molecule has 0 unspecified atom stereocenters. The summed E-state index contributed by atoms with van der Waals surface area (Å²) in [5.74, 6) is 0. The smallest absolute Gasteiger partial charge is 0.117 e. The zero-order valence-electron chi connectivity index (χ0n) is 8.72. The molecule has 0 radical (unpaired) electrons. The van der Waals surface area contributed by atoms with Crippen molar-refractivity contribution in [2.75, 3.05) is 6.61 Å². The van der Waals surface area contributed by atoms with Gasteiger partial charge in [-0.05, 0) is 32.1 Å². The number of hydrogen-bond acceptors (Lipinski definition) is 2. The number of rotatable bonds is 5. The minimum atomic E-state index is 0.803. The lowest BCUT2D eigenvalue weighted by molar-refractivity contribution is 0.138. The van der Waals surface area contributed by atoms with Crippen molar-refractivity contribution in [2.24, 2.45) is 5.16 Å². The minimum Gasteiger partial charge on any atom is -0.396 e. The van der Waals surface area contributed by atoms with Gasteiger partial charge in [-0.15, -0.1) is 0 Å². The summed E-state index contributed by atoms with van der Waals surface area (Å²) < 4.78 is 0. The largest absolute Gasteiger partial charge is 0.396 e. The Kier molecular flexibility index (Phi) is 5.62. The normalized spacial score (nSPS) is 17.2. The second-order valence-corrected chi connectivity index (χ2v) is 3.76. The maximum Gasteiger partial charge on any atom is 0.117 e. The Hall–Kier alpha value is -0.530. The fourth-order valence-corrected chi connectivity index (χ4v) is 1.60. The lowest BCUT2D eigenvalue weighted by atomic mass is 9.99. The van der Waals surface area contributed by atoms with Gasteiger partial charge in [-0.3, -0.25) is 0 Å². The zero-order chi connectivity index (χ0) is 9.36. The van der Waals surface area contributed by atoms with Crippen molar-refractivity contribution in [1.82, 2.24) is 0 Å². The molecule has 1 aliphatic rings. The van der Waals surface area contributed by atoms with Gasteiger partial charge in [-0.2, -0.15) is 0 Å². The molecule has 0 aromatic carbocycles. The highest BCUT2D eigenvalue weighted by Crippen LogP contribution is 2.14. The summed E-state index contributed by atoms with van der Waals surface area (Å²) in [6.45, 7) is 3.00. The molecule has 0 amide bonds. The van der Waals surface area contributed by atoms with Gasteiger partial charge >= 0.3 is 0 Å². The Labute approximate surface area is 81.3 Å². The maximum absolute atomic E-state index is 5.26. The number of oxime groups is 1. The summed E-state index contributed by atoms with van der Waals surface area (Å²) in [7, 11) is 0. The first-order chi connectivity index (χ1) is 6.43. The Morgan fingerprint density at radius 1 is 1.15 bits per heavy atom. The van der Waals surface area contributed by atoms with Gasteiger partial charge in [0.25, 0.3) is 0 Å². The average Bonchev–Trinajstić information content (AvgIpc) is 2.19. The Balaban J connectivity index is 2.01. The summed E-state index contributed by atoms with van der Waals surface area (Å²) in [6.07, 6.45) is 9.95. The molecule has 1 aliphatic carbocycles. The van der Waals surface area contributed by atoms with Gasteiger partial charge in [0, 0.05) is 0 Å². The molecule has 0 spiro atoms. The number of unbranched alkanes of at least 4 members (excludes halogenated alkanes) is 2. The molecule has 13 heavy (non-hydrogen) atoms. The first kappa shape index (κ1) is 10.6. The molecule has 1 fully saturated rings. The van der Waals surface area contributed by atoms with Gasteiger partial charge in [-0.1, -0.05) is 31.3 Å². The van der Waals surface area contributed by atoms with Crippen LogP contribution in [0.3, 0.4) is 0 Å². The molecule has 1 rings (SSSR count). The molecule has 0 heterocycles. The Morgan fingerprint density at radius 3 is 2.62 bits per heavy atom. The van der Waals surface area contributed by atoms with Crippen LogP contribution in [0.25, 0.3) is 0 Å². The predicted molar refractivity (Wildman–Crippen MR) is 56.0 cm³/mol. The molecule has 0 saturated heterocycles. The van der Waals surface area contributed by atoms with Crippen LogP contribution < -0.4 is 0 Å². The summed E-state index contributed by atoms with van der Waals surface area (Å²) in [4.78, 5) is 5.26. The van der Waals surface area contributed by atoms with Crippen molar-refractivity contribution in [3.05, 3.63) is 0 Å². The van der Waals surface area contributed by atoms with Crippen molar-refractivity contribution in [3.63, 3.8) is 0 Å². The lowest BCUT2D eigenvalue weighted by Crippen LogP contribution is -2.05. The summed E-state index contributed by atoms with van der Waals surface area (Å²) in [6, 6.07) is 0. The molecule has 0 bridgehead atoms. The van der Waals surface area contributed by atoms with E-state index < -0.39 is 0 Å². The second kappa shape index (κ2) is 6.93. The monoisotopic (exact) mass is 183 g/mol. The van der Waals surface area contributed by atoms with Gasteiger partial charge in [0.1, 0.15) is 6.61 Å². The van der Waals surface area contributed by atoms with E-state index in [2.05, 4.69) is 12.1 Å². The molecular weight excluding hydrogens is 162 g/mol. The molecule has 2 nitrogen and oxygen atoms in total. The Bertz CT molecular complexity index is 146. The molecular formula is C11H21NO. The van der Waals surface area contributed by atoms with Gasteiger partial charge in [0.2, 0.25) is 0 Å². The van der Waals surface area contributed by atoms with E-state index in [-0.39, 0.29) is 0 Å². The van der Waals surface area contributed by atoms with Crippen LogP contribution in [-0.2, 0) is 4.84 Å². The average molecular weight is 183 g/mol. The third-order valence-corrected chi connectivity index (χ3v) is 2.46. The maximum atomic E-state index is 5.26. The van der Waals surface area contributed by atoms with E-state index in [1.807, 2.05) is 0 Å². The molecule has 0 N–H and O–H groups in total. The fraction of sp³-hybridized carbons (Fsp3) is 0.909. The van der Waals surface area contributed by atoms with Crippen LogP contribution in [0.2, 0.25) is 0 Å². The van der Waals surface area contributed by atoms with Crippen molar-refractivity contribution in [2.45, 2.75) is 58.3 Å². The zero-order valence-corrected chi connectivity index (χ0v) is 8.72. The lowest BCUT2D eigenvalue weighted by Gasteiger charge is -2.11. The third kappa shape index (κ3) is 4.91. The summed E-state index contributed by atoms with van der Waals surface area (Å²) in [5.41, 5.74) is 1.28. The van der Waals surface area contributed by atoms with Crippen LogP contribution in [0.15, 0.2) is 5.16 Å². The topological polar surface area (TPSA) is 21.6 Å². The quantitative estimate of drug-likeness (QED) is 0.472. The van der Waals surface area contributed by atoms with Crippen molar-refractivity contribution in [3.8, 4) is 0 Å². The van der Waals surface area contributed by atoms with E-state index >= 15 is 0 Å². The predicted octanol–water partition coefficient (Wildman–Crippen LogP) is 3.51. The van der Waals surface area contributed by atoms with Gasteiger partial charge in [-0.25, -0.2) is 0 Å². The van der Waals surface area contributed by atoms with Crippen LogP contribution in [0.1, 0.15) is 58.3 Å². The van der Waals surface area contributed by atoms with Crippen LogP contribution in [0, 0.1) is 0 Å². The highest BCUT2D eigenvalue weighted by molar-refractivity contribution is 5.84. The van der Waals surface area contributed by atoms with Gasteiger partial charge in [0.15, 0.2) is 0 Å².